The Morgan fingerprint density at radius 1 is 1.35 bits per heavy atom. The fourth-order valence-corrected chi connectivity index (χ4v) is 4.54. The molecule has 1 aromatic carbocycles. The standard InChI is InChI=1S/C21H32N2O3/c1-3-8-21(15-24)9-11-22(13-19(21)25)14-20(26)23-10-4-5-17-12-16(2)6-7-18(17)23/h6-7,12,19,24-25H,3-5,8-11,13-15H2,1-2H3/t19-,21+/m0/s1. The Bertz CT molecular complexity index is 648. The van der Waals surface area contributed by atoms with Crippen LogP contribution in [0.15, 0.2) is 18.2 Å². The summed E-state index contributed by atoms with van der Waals surface area (Å²) in [6.45, 7) is 6.48. The fourth-order valence-electron chi connectivity index (χ4n) is 4.54. The first kappa shape index (κ1) is 19.3. The van der Waals surface area contributed by atoms with Gasteiger partial charge in [-0.05, 0) is 50.8 Å². The van der Waals surface area contributed by atoms with Crippen molar-refractivity contribution in [1.29, 1.82) is 0 Å². The van der Waals surface area contributed by atoms with Crippen molar-refractivity contribution in [2.75, 3.05) is 37.7 Å². The molecule has 0 aromatic heterocycles. The molecule has 1 amide bonds. The van der Waals surface area contributed by atoms with E-state index in [2.05, 4.69) is 32.0 Å². The predicted octanol–water partition coefficient (Wildman–Crippen LogP) is 2.12. The summed E-state index contributed by atoms with van der Waals surface area (Å²) in [4.78, 5) is 16.9. The number of benzene rings is 1. The van der Waals surface area contributed by atoms with E-state index in [-0.39, 0.29) is 12.5 Å². The van der Waals surface area contributed by atoms with Gasteiger partial charge in [-0.15, -0.1) is 0 Å². The monoisotopic (exact) mass is 360 g/mol. The van der Waals surface area contributed by atoms with Crippen LogP contribution in [0.1, 0.15) is 43.7 Å². The van der Waals surface area contributed by atoms with E-state index in [1.165, 1.54) is 11.1 Å². The fraction of sp³-hybridized carbons (Fsp3) is 0.667. The van der Waals surface area contributed by atoms with E-state index in [4.69, 9.17) is 0 Å². The molecule has 1 saturated heterocycles. The van der Waals surface area contributed by atoms with Crippen molar-refractivity contribution in [2.45, 2.75) is 52.1 Å². The van der Waals surface area contributed by atoms with E-state index in [0.29, 0.717) is 13.1 Å². The lowest BCUT2D eigenvalue weighted by molar-refractivity contribution is -0.123. The molecule has 5 nitrogen and oxygen atoms in total. The highest BCUT2D eigenvalue weighted by atomic mass is 16.3. The summed E-state index contributed by atoms with van der Waals surface area (Å²) < 4.78 is 0. The number of piperidine rings is 1. The number of hydrogen-bond donors (Lipinski definition) is 2. The Hall–Kier alpha value is -1.43. The van der Waals surface area contributed by atoms with Gasteiger partial charge in [-0.2, -0.15) is 0 Å². The van der Waals surface area contributed by atoms with E-state index < -0.39 is 11.5 Å². The molecule has 2 aliphatic heterocycles. The second-order valence-electron chi connectivity index (χ2n) is 8.05. The topological polar surface area (TPSA) is 64.0 Å². The normalized spacial score (nSPS) is 26.6. The molecule has 0 unspecified atom stereocenters. The van der Waals surface area contributed by atoms with Crippen LogP contribution >= 0.6 is 0 Å². The molecule has 2 atom stereocenters. The largest absolute Gasteiger partial charge is 0.396 e. The summed E-state index contributed by atoms with van der Waals surface area (Å²) in [5, 5.41) is 20.4. The molecule has 0 spiro atoms. The Kier molecular flexibility index (Phi) is 6.00. The third-order valence-electron chi connectivity index (χ3n) is 6.14. The van der Waals surface area contributed by atoms with E-state index in [0.717, 1.165) is 50.9 Å². The van der Waals surface area contributed by atoms with E-state index in [1.807, 2.05) is 9.80 Å². The zero-order valence-corrected chi connectivity index (χ0v) is 16.1. The minimum atomic E-state index is -0.578. The van der Waals surface area contributed by atoms with Gasteiger partial charge in [0.05, 0.1) is 19.3 Å². The lowest BCUT2D eigenvalue weighted by atomic mass is 9.73. The van der Waals surface area contributed by atoms with Crippen molar-refractivity contribution in [2.24, 2.45) is 5.41 Å². The smallest absolute Gasteiger partial charge is 0.241 e. The maximum absolute atomic E-state index is 12.9. The lowest BCUT2D eigenvalue weighted by Gasteiger charge is -2.45. The molecule has 2 heterocycles. The van der Waals surface area contributed by atoms with E-state index >= 15 is 0 Å². The zero-order valence-electron chi connectivity index (χ0n) is 16.1. The predicted molar refractivity (Wildman–Crippen MR) is 103 cm³/mol. The first-order chi connectivity index (χ1) is 12.5. The van der Waals surface area contributed by atoms with Gasteiger partial charge in [-0.25, -0.2) is 0 Å². The second-order valence-corrected chi connectivity index (χ2v) is 8.05. The average Bonchev–Trinajstić information content (AvgIpc) is 2.63. The van der Waals surface area contributed by atoms with Crippen LogP contribution in [0.25, 0.3) is 0 Å². The molecule has 0 bridgehead atoms. The van der Waals surface area contributed by atoms with Crippen LogP contribution in [-0.2, 0) is 11.2 Å². The number of likely N-dealkylation sites (tertiary alicyclic amines) is 1. The van der Waals surface area contributed by atoms with Crippen molar-refractivity contribution >= 4 is 11.6 Å². The van der Waals surface area contributed by atoms with Gasteiger partial charge in [0.2, 0.25) is 5.91 Å². The summed E-state index contributed by atoms with van der Waals surface area (Å²) in [6, 6.07) is 6.31. The molecule has 1 fully saturated rings. The van der Waals surface area contributed by atoms with Gasteiger partial charge in [0.25, 0.3) is 0 Å². The molecule has 0 aliphatic carbocycles. The van der Waals surface area contributed by atoms with Crippen LogP contribution in [-0.4, -0.2) is 59.9 Å². The Morgan fingerprint density at radius 2 is 2.15 bits per heavy atom. The van der Waals surface area contributed by atoms with Crippen molar-refractivity contribution in [1.82, 2.24) is 4.90 Å². The van der Waals surface area contributed by atoms with Crippen molar-refractivity contribution in [3.8, 4) is 0 Å². The minimum absolute atomic E-state index is 0.0165. The lowest BCUT2D eigenvalue weighted by Crippen LogP contribution is -2.55. The maximum atomic E-state index is 12.9. The van der Waals surface area contributed by atoms with Gasteiger partial charge in [0.1, 0.15) is 0 Å². The van der Waals surface area contributed by atoms with Crippen LogP contribution in [0, 0.1) is 12.3 Å². The molecule has 0 radical (unpaired) electrons. The summed E-state index contributed by atoms with van der Waals surface area (Å²) in [7, 11) is 0. The molecule has 3 rings (SSSR count). The summed E-state index contributed by atoms with van der Waals surface area (Å²) in [5.41, 5.74) is 3.13. The van der Waals surface area contributed by atoms with Gasteiger partial charge in [-0.1, -0.05) is 31.0 Å². The number of aliphatic hydroxyl groups is 2. The highest BCUT2D eigenvalue weighted by Crippen LogP contribution is 2.36. The zero-order chi connectivity index (χ0) is 18.7. The number of hydrogen-bond acceptors (Lipinski definition) is 4. The molecule has 144 valence electrons. The summed E-state index contributed by atoms with van der Waals surface area (Å²) in [5.74, 6) is 0.106. The van der Waals surface area contributed by atoms with Gasteiger partial charge in [-0.3, -0.25) is 9.69 Å². The third kappa shape index (κ3) is 3.80. The van der Waals surface area contributed by atoms with Crippen molar-refractivity contribution in [3.63, 3.8) is 0 Å². The van der Waals surface area contributed by atoms with Gasteiger partial charge >= 0.3 is 0 Å². The first-order valence-corrected chi connectivity index (χ1v) is 9.90. The number of aliphatic hydroxyl groups excluding tert-OH is 2. The van der Waals surface area contributed by atoms with Crippen LogP contribution in [0.4, 0.5) is 5.69 Å². The number of rotatable bonds is 5. The van der Waals surface area contributed by atoms with Crippen LogP contribution in [0.5, 0.6) is 0 Å². The summed E-state index contributed by atoms with van der Waals surface area (Å²) in [6.07, 6.45) is 3.95. The first-order valence-electron chi connectivity index (χ1n) is 9.90. The third-order valence-corrected chi connectivity index (χ3v) is 6.14. The van der Waals surface area contributed by atoms with E-state index in [1.54, 1.807) is 0 Å². The quantitative estimate of drug-likeness (QED) is 0.844. The summed E-state index contributed by atoms with van der Waals surface area (Å²) >= 11 is 0. The van der Waals surface area contributed by atoms with Crippen LogP contribution in [0.2, 0.25) is 0 Å². The van der Waals surface area contributed by atoms with E-state index in [9.17, 15) is 15.0 Å². The SMILES string of the molecule is CCC[C@]1(CO)CCN(CC(=O)N2CCCc3cc(C)ccc32)C[C@@H]1O. The number of anilines is 1. The van der Waals surface area contributed by atoms with Crippen molar-refractivity contribution in [3.05, 3.63) is 29.3 Å². The molecule has 2 N–H and O–H groups in total. The molecule has 5 heteroatoms. The van der Waals surface area contributed by atoms with Gasteiger partial charge < -0.3 is 15.1 Å². The number of fused-ring (bicyclic) bond motifs is 1. The number of amides is 1. The molecule has 0 saturated carbocycles. The average molecular weight is 360 g/mol. The Balaban J connectivity index is 1.65. The second kappa shape index (κ2) is 8.07. The highest BCUT2D eigenvalue weighted by Gasteiger charge is 2.41. The number of aryl methyl sites for hydroxylation is 2. The number of β-amino-alcohol motifs (C(OH)–C–C–N with tert-alkyl or cyclic N) is 1. The molecule has 26 heavy (non-hydrogen) atoms. The molecule has 1 aromatic rings. The van der Waals surface area contributed by atoms with Crippen LogP contribution in [0.3, 0.4) is 0 Å². The van der Waals surface area contributed by atoms with Crippen molar-refractivity contribution < 1.29 is 15.0 Å². The van der Waals surface area contributed by atoms with Crippen LogP contribution < -0.4 is 4.90 Å². The molecular weight excluding hydrogens is 328 g/mol. The Labute approximate surface area is 156 Å². The molecule has 2 aliphatic rings. The minimum Gasteiger partial charge on any atom is -0.396 e. The Morgan fingerprint density at radius 3 is 2.85 bits per heavy atom. The van der Waals surface area contributed by atoms with Gasteiger partial charge in [0, 0.05) is 24.2 Å². The van der Waals surface area contributed by atoms with Gasteiger partial charge in [0.15, 0.2) is 0 Å². The number of carbonyl (C=O) groups is 1. The number of nitrogens with zero attached hydrogens (tertiary/aromatic N) is 2. The highest BCUT2D eigenvalue weighted by molar-refractivity contribution is 5.96. The number of carbonyl (C=O) groups excluding carboxylic acids is 1. The maximum Gasteiger partial charge on any atom is 0.241 e. The molecular formula is C21H32N2O3.